The molecule has 0 spiro atoms. The monoisotopic (exact) mass is 318 g/mol. The number of halogens is 1. The average molecular weight is 319 g/mol. The van der Waals surface area contributed by atoms with Gasteiger partial charge in [-0.2, -0.15) is 0 Å². The standard InChI is InChI=1S/C12H15BrO5/c13-7-3-1-2-6(4-7)12-11(17)10(16)9(15)8(5-14)18-12/h1-4,8-12,14-17H,5H2. The Hall–Kier alpha value is -0.500. The van der Waals surface area contributed by atoms with E-state index in [4.69, 9.17) is 9.84 Å². The lowest BCUT2D eigenvalue weighted by molar-refractivity contribution is -0.231. The normalized spacial score (nSPS) is 36.6. The first-order valence-electron chi connectivity index (χ1n) is 5.60. The zero-order valence-corrected chi connectivity index (χ0v) is 11.1. The van der Waals surface area contributed by atoms with Crippen LogP contribution in [0.1, 0.15) is 11.7 Å². The van der Waals surface area contributed by atoms with Gasteiger partial charge in [-0.15, -0.1) is 0 Å². The van der Waals surface area contributed by atoms with E-state index in [9.17, 15) is 15.3 Å². The summed E-state index contributed by atoms with van der Waals surface area (Å²) in [5.41, 5.74) is 0.668. The minimum Gasteiger partial charge on any atom is -0.394 e. The largest absolute Gasteiger partial charge is 0.394 e. The Morgan fingerprint density at radius 3 is 2.44 bits per heavy atom. The average Bonchev–Trinajstić information content (AvgIpc) is 2.36. The minimum atomic E-state index is -1.35. The van der Waals surface area contributed by atoms with Crippen LogP contribution in [0.4, 0.5) is 0 Å². The lowest BCUT2D eigenvalue weighted by atomic mass is 9.91. The smallest absolute Gasteiger partial charge is 0.113 e. The van der Waals surface area contributed by atoms with Crippen LogP contribution < -0.4 is 0 Å². The topological polar surface area (TPSA) is 90.2 Å². The first-order chi connectivity index (χ1) is 8.54. The molecule has 0 saturated carbocycles. The fourth-order valence-corrected chi connectivity index (χ4v) is 2.48. The van der Waals surface area contributed by atoms with Crippen LogP contribution >= 0.6 is 15.9 Å². The van der Waals surface area contributed by atoms with Gasteiger partial charge in [0.2, 0.25) is 0 Å². The van der Waals surface area contributed by atoms with Crippen molar-refractivity contribution in [1.29, 1.82) is 0 Å². The molecule has 0 radical (unpaired) electrons. The molecule has 0 aliphatic carbocycles. The summed E-state index contributed by atoms with van der Waals surface area (Å²) in [6.45, 7) is -0.421. The van der Waals surface area contributed by atoms with Gasteiger partial charge in [0, 0.05) is 4.47 Å². The van der Waals surface area contributed by atoms with E-state index in [2.05, 4.69) is 15.9 Å². The van der Waals surface area contributed by atoms with E-state index in [-0.39, 0.29) is 0 Å². The third-order valence-electron chi connectivity index (χ3n) is 3.07. The maximum absolute atomic E-state index is 9.93. The molecule has 4 N–H and O–H groups in total. The summed E-state index contributed by atoms with van der Waals surface area (Å²) in [5.74, 6) is 0. The molecular weight excluding hydrogens is 304 g/mol. The second kappa shape index (κ2) is 5.64. The summed E-state index contributed by atoms with van der Waals surface area (Å²) >= 11 is 3.31. The molecule has 0 bridgehead atoms. The minimum absolute atomic E-state index is 0.421. The Morgan fingerprint density at radius 1 is 1.11 bits per heavy atom. The highest BCUT2D eigenvalue weighted by Gasteiger charge is 2.43. The molecule has 1 aliphatic heterocycles. The van der Waals surface area contributed by atoms with Gasteiger partial charge < -0.3 is 25.2 Å². The quantitative estimate of drug-likeness (QED) is 0.614. The molecular formula is C12H15BrO5. The van der Waals surface area contributed by atoms with Crippen LogP contribution in [-0.2, 0) is 4.74 Å². The lowest BCUT2D eigenvalue weighted by Gasteiger charge is -2.40. The lowest BCUT2D eigenvalue weighted by Crippen LogP contribution is -2.55. The molecule has 1 aliphatic rings. The molecule has 5 nitrogen and oxygen atoms in total. The van der Waals surface area contributed by atoms with Gasteiger partial charge in [-0.25, -0.2) is 0 Å². The van der Waals surface area contributed by atoms with E-state index in [0.717, 1.165) is 4.47 Å². The number of ether oxygens (including phenoxy) is 1. The zero-order chi connectivity index (χ0) is 13.3. The second-order valence-electron chi connectivity index (χ2n) is 4.30. The maximum Gasteiger partial charge on any atom is 0.113 e. The summed E-state index contributed by atoms with van der Waals surface area (Å²) < 4.78 is 6.26. The van der Waals surface area contributed by atoms with Crippen molar-refractivity contribution in [2.24, 2.45) is 0 Å². The van der Waals surface area contributed by atoms with Gasteiger partial charge in [-0.1, -0.05) is 28.1 Å². The highest BCUT2D eigenvalue weighted by Crippen LogP contribution is 2.33. The van der Waals surface area contributed by atoms with E-state index in [0.29, 0.717) is 5.56 Å². The molecule has 1 heterocycles. The summed E-state index contributed by atoms with van der Waals surface area (Å²) in [4.78, 5) is 0. The Balaban J connectivity index is 2.27. The molecule has 1 fully saturated rings. The molecule has 18 heavy (non-hydrogen) atoms. The van der Waals surface area contributed by atoms with Crippen molar-refractivity contribution in [3.63, 3.8) is 0 Å². The Labute approximate surface area is 113 Å². The molecule has 1 aromatic carbocycles. The molecule has 5 unspecified atom stereocenters. The van der Waals surface area contributed by atoms with Gasteiger partial charge in [0.25, 0.3) is 0 Å². The first kappa shape index (κ1) is 13.9. The van der Waals surface area contributed by atoms with Crippen molar-refractivity contribution in [3.05, 3.63) is 34.3 Å². The van der Waals surface area contributed by atoms with Crippen LogP contribution in [-0.4, -0.2) is 51.4 Å². The predicted molar refractivity (Wildman–Crippen MR) is 66.9 cm³/mol. The van der Waals surface area contributed by atoms with Gasteiger partial charge in [0.1, 0.15) is 30.5 Å². The number of rotatable bonds is 2. The van der Waals surface area contributed by atoms with E-state index in [1.165, 1.54) is 0 Å². The van der Waals surface area contributed by atoms with E-state index in [1.807, 2.05) is 6.07 Å². The van der Waals surface area contributed by atoms with Crippen LogP contribution in [0.2, 0.25) is 0 Å². The Kier molecular flexibility index (Phi) is 4.37. The van der Waals surface area contributed by atoms with Crippen LogP contribution in [0, 0.1) is 0 Å². The fourth-order valence-electron chi connectivity index (χ4n) is 2.06. The third kappa shape index (κ3) is 2.59. The van der Waals surface area contributed by atoms with Crippen LogP contribution in [0.3, 0.4) is 0 Å². The second-order valence-corrected chi connectivity index (χ2v) is 5.22. The van der Waals surface area contributed by atoms with Gasteiger partial charge in [-0.05, 0) is 17.7 Å². The molecule has 1 saturated heterocycles. The van der Waals surface area contributed by atoms with Crippen LogP contribution in [0.25, 0.3) is 0 Å². The SMILES string of the molecule is OCC1OC(c2cccc(Br)c2)C(O)C(O)C1O. The first-order valence-corrected chi connectivity index (χ1v) is 6.40. The molecule has 6 heteroatoms. The number of hydrogen-bond acceptors (Lipinski definition) is 5. The molecule has 1 aromatic rings. The van der Waals surface area contributed by atoms with Crippen molar-refractivity contribution >= 4 is 15.9 Å². The van der Waals surface area contributed by atoms with Gasteiger partial charge in [0.05, 0.1) is 6.61 Å². The van der Waals surface area contributed by atoms with Gasteiger partial charge in [-0.3, -0.25) is 0 Å². The fraction of sp³-hybridized carbons (Fsp3) is 0.500. The van der Waals surface area contributed by atoms with E-state index >= 15 is 0 Å². The van der Waals surface area contributed by atoms with Crippen molar-refractivity contribution in [3.8, 4) is 0 Å². The number of aliphatic hydroxyl groups excluding tert-OH is 4. The molecule has 100 valence electrons. The summed E-state index contributed by atoms with van der Waals surface area (Å²) in [5, 5.41) is 38.4. The van der Waals surface area contributed by atoms with Gasteiger partial charge >= 0.3 is 0 Å². The highest BCUT2D eigenvalue weighted by atomic mass is 79.9. The summed E-state index contributed by atoms with van der Waals surface area (Å²) in [6, 6.07) is 7.11. The van der Waals surface area contributed by atoms with Gasteiger partial charge in [0.15, 0.2) is 0 Å². The maximum atomic E-state index is 9.93. The Morgan fingerprint density at radius 2 is 1.83 bits per heavy atom. The Bertz CT molecular complexity index is 411. The molecule has 5 atom stereocenters. The van der Waals surface area contributed by atoms with Crippen LogP contribution in [0.5, 0.6) is 0 Å². The zero-order valence-electron chi connectivity index (χ0n) is 9.48. The van der Waals surface area contributed by atoms with Crippen molar-refractivity contribution in [2.75, 3.05) is 6.61 Å². The predicted octanol–water partition coefficient (Wildman–Crippen LogP) is -0.0360. The molecule has 0 aromatic heterocycles. The summed E-state index contributed by atoms with van der Waals surface area (Å²) in [6.07, 6.45) is -5.57. The number of aliphatic hydroxyl groups is 4. The van der Waals surface area contributed by atoms with Crippen molar-refractivity contribution in [1.82, 2.24) is 0 Å². The van der Waals surface area contributed by atoms with Crippen molar-refractivity contribution in [2.45, 2.75) is 30.5 Å². The number of benzene rings is 1. The van der Waals surface area contributed by atoms with E-state index < -0.39 is 37.1 Å². The van der Waals surface area contributed by atoms with E-state index in [1.54, 1.807) is 18.2 Å². The van der Waals surface area contributed by atoms with Crippen LogP contribution in [0.15, 0.2) is 28.7 Å². The molecule has 2 rings (SSSR count). The molecule has 0 amide bonds. The van der Waals surface area contributed by atoms with Crippen molar-refractivity contribution < 1.29 is 25.2 Å². The third-order valence-corrected chi connectivity index (χ3v) is 3.56. The highest BCUT2D eigenvalue weighted by molar-refractivity contribution is 9.10. The summed E-state index contributed by atoms with van der Waals surface area (Å²) in [7, 11) is 0. The number of hydrogen-bond donors (Lipinski definition) is 4.